The second kappa shape index (κ2) is 7.59. The molecule has 0 unspecified atom stereocenters. The highest BCUT2D eigenvalue weighted by molar-refractivity contribution is 7.99. The zero-order valence-electron chi connectivity index (χ0n) is 12.9. The van der Waals surface area contributed by atoms with Crippen molar-refractivity contribution in [2.75, 3.05) is 5.75 Å². The summed E-state index contributed by atoms with van der Waals surface area (Å²) in [5.41, 5.74) is 1.32. The standard InChI is InChI=1S/C16H15N3O3S2/c1-10-17-11(8-24-10)7-23-9-15(20)22-6-14-18-13-5-3-2-4-12(13)16(21)19-14/h2-5,8H,6-7,9H2,1H3,(H,18,19,21). The summed E-state index contributed by atoms with van der Waals surface area (Å²) in [6, 6.07) is 7.04. The molecule has 0 saturated heterocycles. The molecule has 0 bridgehead atoms. The molecule has 2 heterocycles. The van der Waals surface area contributed by atoms with Crippen LogP contribution in [0.1, 0.15) is 16.5 Å². The van der Waals surface area contributed by atoms with Crippen molar-refractivity contribution in [3.05, 3.63) is 56.5 Å². The molecule has 0 spiro atoms. The third-order valence-electron chi connectivity index (χ3n) is 3.17. The molecule has 0 aliphatic rings. The second-order valence-corrected chi connectivity index (χ2v) is 7.09. The fraction of sp³-hybridized carbons (Fsp3) is 0.250. The van der Waals surface area contributed by atoms with Crippen molar-refractivity contribution in [2.24, 2.45) is 0 Å². The molecule has 0 fully saturated rings. The Morgan fingerprint density at radius 2 is 2.17 bits per heavy atom. The Balaban J connectivity index is 1.51. The Bertz CT molecular complexity index is 920. The van der Waals surface area contributed by atoms with Crippen molar-refractivity contribution in [1.29, 1.82) is 0 Å². The highest BCUT2D eigenvalue weighted by Crippen LogP contribution is 2.15. The molecule has 124 valence electrons. The summed E-state index contributed by atoms with van der Waals surface area (Å²) in [4.78, 5) is 35.0. The van der Waals surface area contributed by atoms with Crippen molar-refractivity contribution >= 4 is 40.0 Å². The molecule has 0 amide bonds. The van der Waals surface area contributed by atoms with E-state index in [0.29, 0.717) is 22.5 Å². The minimum Gasteiger partial charge on any atom is -0.457 e. The number of benzene rings is 1. The maximum atomic E-state index is 11.9. The number of fused-ring (bicyclic) bond motifs is 1. The Kier molecular flexibility index (Phi) is 5.27. The van der Waals surface area contributed by atoms with Crippen LogP contribution in [-0.4, -0.2) is 26.7 Å². The van der Waals surface area contributed by atoms with E-state index in [1.54, 1.807) is 35.6 Å². The molecule has 0 aliphatic heterocycles. The number of para-hydroxylation sites is 1. The van der Waals surface area contributed by atoms with Crippen LogP contribution in [0.3, 0.4) is 0 Å². The van der Waals surface area contributed by atoms with Gasteiger partial charge in [0.15, 0.2) is 0 Å². The number of hydrogen-bond donors (Lipinski definition) is 1. The van der Waals surface area contributed by atoms with Crippen LogP contribution in [-0.2, 0) is 21.9 Å². The Morgan fingerprint density at radius 1 is 1.33 bits per heavy atom. The number of esters is 1. The van der Waals surface area contributed by atoms with Gasteiger partial charge in [-0.05, 0) is 19.1 Å². The number of carbonyl (C=O) groups excluding carboxylic acids is 1. The van der Waals surface area contributed by atoms with E-state index in [0.717, 1.165) is 10.7 Å². The van der Waals surface area contributed by atoms with Gasteiger partial charge < -0.3 is 9.72 Å². The summed E-state index contributed by atoms with van der Waals surface area (Å²) < 4.78 is 5.16. The van der Waals surface area contributed by atoms with E-state index in [2.05, 4.69) is 15.0 Å². The van der Waals surface area contributed by atoms with Crippen molar-refractivity contribution in [3.8, 4) is 0 Å². The Hall–Kier alpha value is -2.19. The molecular weight excluding hydrogens is 346 g/mol. The summed E-state index contributed by atoms with van der Waals surface area (Å²) in [7, 11) is 0. The maximum Gasteiger partial charge on any atom is 0.316 e. The lowest BCUT2D eigenvalue weighted by Gasteiger charge is -2.05. The lowest BCUT2D eigenvalue weighted by molar-refractivity contribution is -0.141. The van der Waals surface area contributed by atoms with Crippen LogP contribution in [0, 0.1) is 6.92 Å². The van der Waals surface area contributed by atoms with Gasteiger partial charge in [0.1, 0.15) is 12.4 Å². The molecule has 24 heavy (non-hydrogen) atoms. The van der Waals surface area contributed by atoms with Gasteiger partial charge in [0, 0.05) is 11.1 Å². The van der Waals surface area contributed by atoms with E-state index < -0.39 is 0 Å². The average Bonchev–Trinajstić information content (AvgIpc) is 2.98. The van der Waals surface area contributed by atoms with Gasteiger partial charge >= 0.3 is 5.97 Å². The molecular formula is C16H15N3O3S2. The number of ether oxygens (including phenoxy) is 1. The van der Waals surface area contributed by atoms with Crippen LogP contribution in [0.25, 0.3) is 10.9 Å². The van der Waals surface area contributed by atoms with Gasteiger partial charge in [0.25, 0.3) is 5.56 Å². The van der Waals surface area contributed by atoms with Crippen molar-refractivity contribution < 1.29 is 9.53 Å². The lowest BCUT2D eigenvalue weighted by atomic mass is 10.2. The van der Waals surface area contributed by atoms with Gasteiger partial charge in [0.2, 0.25) is 0 Å². The number of thioether (sulfide) groups is 1. The number of nitrogens with zero attached hydrogens (tertiary/aromatic N) is 2. The first-order valence-electron chi connectivity index (χ1n) is 7.24. The summed E-state index contributed by atoms with van der Waals surface area (Å²) in [6.45, 7) is 1.90. The van der Waals surface area contributed by atoms with Crippen molar-refractivity contribution in [3.63, 3.8) is 0 Å². The first kappa shape index (κ1) is 16.7. The molecule has 0 atom stereocenters. The van der Waals surface area contributed by atoms with Crippen molar-refractivity contribution in [1.82, 2.24) is 15.0 Å². The summed E-state index contributed by atoms with van der Waals surface area (Å²) in [5.74, 6) is 0.897. The number of rotatable bonds is 6. The molecule has 6 nitrogen and oxygen atoms in total. The van der Waals surface area contributed by atoms with Gasteiger partial charge in [-0.15, -0.1) is 23.1 Å². The second-order valence-electron chi connectivity index (χ2n) is 5.04. The van der Waals surface area contributed by atoms with Crippen LogP contribution >= 0.6 is 23.1 Å². The topological polar surface area (TPSA) is 84.9 Å². The van der Waals surface area contributed by atoms with Crippen LogP contribution in [0.4, 0.5) is 0 Å². The molecule has 1 N–H and O–H groups in total. The molecule has 8 heteroatoms. The van der Waals surface area contributed by atoms with E-state index in [-0.39, 0.29) is 23.9 Å². The lowest BCUT2D eigenvalue weighted by Crippen LogP contribution is -2.15. The minimum atomic E-state index is -0.345. The van der Waals surface area contributed by atoms with Crippen LogP contribution in [0.2, 0.25) is 0 Å². The van der Waals surface area contributed by atoms with E-state index in [1.807, 2.05) is 12.3 Å². The number of thiazole rings is 1. The monoisotopic (exact) mass is 361 g/mol. The zero-order valence-corrected chi connectivity index (χ0v) is 14.6. The number of aromatic nitrogens is 3. The van der Waals surface area contributed by atoms with Crippen molar-refractivity contribution in [2.45, 2.75) is 19.3 Å². The highest BCUT2D eigenvalue weighted by atomic mass is 32.2. The van der Waals surface area contributed by atoms with Crippen LogP contribution < -0.4 is 5.56 Å². The molecule has 2 aromatic heterocycles. The SMILES string of the molecule is Cc1nc(CSCC(=O)OCc2nc3ccccc3c(=O)[nH]2)cs1. The van der Waals surface area contributed by atoms with Gasteiger partial charge in [-0.25, -0.2) is 9.97 Å². The van der Waals surface area contributed by atoms with Gasteiger partial charge in [-0.1, -0.05) is 12.1 Å². The Morgan fingerprint density at radius 3 is 2.96 bits per heavy atom. The van der Waals surface area contributed by atoms with Gasteiger partial charge in [0.05, 0.1) is 27.4 Å². The molecule has 0 aliphatic carbocycles. The molecule has 0 saturated carbocycles. The minimum absolute atomic E-state index is 0.0464. The van der Waals surface area contributed by atoms with Gasteiger partial charge in [-0.3, -0.25) is 9.59 Å². The number of hydrogen-bond acceptors (Lipinski definition) is 7. The predicted octanol–water partition coefficient (Wildman–Crippen LogP) is 2.66. The number of nitrogens with one attached hydrogen (secondary N) is 1. The number of H-pyrrole nitrogens is 1. The molecule has 3 rings (SSSR count). The fourth-order valence-electron chi connectivity index (χ4n) is 2.11. The van der Waals surface area contributed by atoms with Gasteiger partial charge in [-0.2, -0.15) is 0 Å². The molecule has 1 aromatic carbocycles. The van der Waals surface area contributed by atoms with E-state index >= 15 is 0 Å². The maximum absolute atomic E-state index is 11.9. The zero-order chi connectivity index (χ0) is 16.9. The highest BCUT2D eigenvalue weighted by Gasteiger charge is 2.08. The normalized spacial score (nSPS) is 10.9. The van der Waals surface area contributed by atoms with E-state index in [1.165, 1.54) is 11.8 Å². The first-order chi connectivity index (χ1) is 11.6. The predicted molar refractivity (Wildman–Crippen MR) is 95.2 cm³/mol. The summed E-state index contributed by atoms with van der Waals surface area (Å²) in [5, 5.41) is 3.51. The fourth-order valence-corrected chi connectivity index (χ4v) is 3.53. The van der Waals surface area contributed by atoms with E-state index in [9.17, 15) is 9.59 Å². The smallest absolute Gasteiger partial charge is 0.316 e. The third kappa shape index (κ3) is 4.21. The number of carbonyl (C=O) groups is 1. The molecule has 3 aromatic rings. The van der Waals surface area contributed by atoms with E-state index in [4.69, 9.17) is 4.74 Å². The average molecular weight is 361 g/mol. The Labute approximate surface area is 146 Å². The van der Waals surface area contributed by atoms with Crippen LogP contribution in [0.15, 0.2) is 34.4 Å². The quantitative estimate of drug-likeness (QED) is 0.680. The number of aromatic amines is 1. The summed E-state index contributed by atoms with van der Waals surface area (Å²) >= 11 is 3.04. The first-order valence-corrected chi connectivity index (χ1v) is 9.27. The molecule has 0 radical (unpaired) electrons. The largest absolute Gasteiger partial charge is 0.457 e. The number of aryl methyl sites for hydroxylation is 1. The summed E-state index contributed by atoms with van der Waals surface area (Å²) in [6.07, 6.45) is 0. The third-order valence-corrected chi connectivity index (χ3v) is 4.93. The van der Waals surface area contributed by atoms with Crippen LogP contribution in [0.5, 0.6) is 0 Å².